The van der Waals surface area contributed by atoms with Crippen LogP contribution in [0.15, 0.2) is 41.1 Å². The summed E-state index contributed by atoms with van der Waals surface area (Å²) in [7, 11) is 0. The summed E-state index contributed by atoms with van der Waals surface area (Å²) >= 11 is 1.61. The van der Waals surface area contributed by atoms with E-state index in [0.717, 1.165) is 42.9 Å². The number of nitrogens with zero attached hydrogens (tertiary/aromatic N) is 1. The molecule has 1 amide bonds. The van der Waals surface area contributed by atoms with Crippen molar-refractivity contribution in [2.75, 3.05) is 23.3 Å². The molecule has 1 atom stereocenters. The highest BCUT2D eigenvalue weighted by Gasteiger charge is 2.21. The molecule has 1 aromatic carbocycles. The highest BCUT2D eigenvalue weighted by Crippen LogP contribution is 2.29. The maximum absolute atomic E-state index is 12.5. The van der Waals surface area contributed by atoms with E-state index in [0.29, 0.717) is 0 Å². The molecule has 3 rings (SSSR count). The first-order valence-electron chi connectivity index (χ1n) is 8.00. The van der Waals surface area contributed by atoms with Gasteiger partial charge < -0.3 is 15.3 Å². The normalized spacial score (nSPS) is 17.0. The number of benzene rings is 1. The van der Waals surface area contributed by atoms with E-state index in [-0.39, 0.29) is 17.9 Å². The topological polar surface area (TPSA) is 52.6 Å². The third kappa shape index (κ3) is 3.74. The first-order chi connectivity index (χ1) is 11.1. The molecule has 1 unspecified atom stereocenters. The van der Waals surface area contributed by atoms with Crippen molar-refractivity contribution < 1.29 is 9.90 Å². The molecule has 0 saturated carbocycles. The van der Waals surface area contributed by atoms with Gasteiger partial charge in [-0.3, -0.25) is 4.79 Å². The zero-order valence-corrected chi connectivity index (χ0v) is 14.1. The van der Waals surface area contributed by atoms with E-state index < -0.39 is 0 Å². The quantitative estimate of drug-likeness (QED) is 0.903. The molecule has 0 spiro atoms. The maximum Gasteiger partial charge on any atom is 0.231 e. The number of nitrogens with one attached hydrogen (secondary N) is 1. The van der Waals surface area contributed by atoms with Crippen LogP contribution >= 0.6 is 11.3 Å². The van der Waals surface area contributed by atoms with Gasteiger partial charge in [-0.25, -0.2) is 0 Å². The largest absolute Gasteiger partial charge is 0.393 e. The highest BCUT2D eigenvalue weighted by atomic mass is 32.1. The smallest absolute Gasteiger partial charge is 0.231 e. The molecule has 1 aliphatic heterocycles. The van der Waals surface area contributed by atoms with Crippen molar-refractivity contribution >= 4 is 28.6 Å². The number of carbonyl (C=O) groups excluding carboxylic acids is 1. The lowest BCUT2D eigenvalue weighted by molar-refractivity contribution is -0.117. The van der Waals surface area contributed by atoms with Gasteiger partial charge in [-0.1, -0.05) is 12.1 Å². The van der Waals surface area contributed by atoms with Crippen LogP contribution in [-0.2, 0) is 4.79 Å². The average molecular weight is 330 g/mol. The predicted molar refractivity (Wildman–Crippen MR) is 95.3 cm³/mol. The van der Waals surface area contributed by atoms with Crippen molar-refractivity contribution in [3.05, 3.63) is 46.7 Å². The fraction of sp³-hybridized carbons (Fsp3) is 0.389. The van der Waals surface area contributed by atoms with Gasteiger partial charge in [0.2, 0.25) is 5.91 Å². The minimum atomic E-state index is -0.202. The molecule has 4 nitrogen and oxygen atoms in total. The van der Waals surface area contributed by atoms with E-state index in [1.165, 1.54) is 0 Å². The monoisotopic (exact) mass is 330 g/mol. The molecule has 122 valence electrons. The van der Waals surface area contributed by atoms with E-state index in [9.17, 15) is 9.90 Å². The van der Waals surface area contributed by atoms with Crippen LogP contribution in [0.4, 0.5) is 11.4 Å². The maximum atomic E-state index is 12.5. The lowest BCUT2D eigenvalue weighted by atomic mass is 10.0. The molecule has 23 heavy (non-hydrogen) atoms. The van der Waals surface area contributed by atoms with Crippen molar-refractivity contribution in [2.45, 2.75) is 31.8 Å². The van der Waals surface area contributed by atoms with Crippen molar-refractivity contribution in [3.63, 3.8) is 0 Å². The minimum Gasteiger partial charge on any atom is -0.393 e. The predicted octanol–water partition coefficient (Wildman–Crippen LogP) is 3.45. The summed E-state index contributed by atoms with van der Waals surface area (Å²) in [5, 5.41) is 16.7. The van der Waals surface area contributed by atoms with E-state index in [1.54, 1.807) is 11.3 Å². The van der Waals surface area contributed by atoms with E-state index in [4.69, 9.17) is 0 Å². The Morgan fingerprint density at radius 1 is 1.30 bits per heavy atom. The van der Waals surface area contributed by atoms with Gasteiger partial charge in [0, 0.05) is 13.1 Å². The summed E-state index contributed by atoms with van der Waals surface area (Å²) < 4.78 is 0. The summed E-state index contributed by atoms with van der Waals surface area (Å²) in [5.74, 6) is -0.162. The summed E-state index contributed by atoms with van der Waals surface area (Å²) in [6.07, 6.45) is 1.34. The van der Waals surface area contributed by atoms with Crippen LogP contribution in [0.2, 0.25) is 0 Å². The number of aliphatic hydroxyl groups excluding tert-OH is 1. The SMILES string of the molecule is CC(C(=O)Nc1ccccc1N1CCC(O)CC1)c1ccsc1. The summed E-state index contributed by atoms with van der Waals surface area (Å²) in [6, 6.07) is 9.89. The third-order valence-electron chi connectivity index (χ3n) is 4.40. The lowest BCUT2D eigenvalue weighted by Gasteiger charge is -2.33. The zero-order valence-electron chi connectivity index (χ0n) is 13.2. The third-order valence-corrected chi connectivity index (χ3v) is 5.11. The number of amides is 1. The van der Waals surface area contributed by atoms with E-state index >= 15 is 0 Å². The number of anilines is 2. The van der Waals surface area contributed by atoms with Crippen LogP contribution in [-0.4, -0.2) is 30.2 Å². The van der Waals surface area contributed by atoms with Crippen LogP contribution in [0.25, 0.3) is 0 Å². The molecule has 5 heteroatoms. The summed E-state index contributed by atoms with van der Waals surface area (Å²) in [4.78, 5) is 14.8. The minimum absolute atomic E-state index is 0.00731. The number of hydrogen-bond acceptors (Lipinski definition) is 4. The standard InChI is InChI=1S/C18H22N2O2S/c1-13(14-8-11-23-12-14)18(22)19-16-4-2-3-5-17(16)20-9-6-15(21)7-10-20/h2-5,8,11-13,15,21H,6-7,9-10H2,1H3,(H,19,22). The number of thiophene rings is 1. The Bertz CT molecular complexity index is 649. The fourth-order valence-corrected chi connectivity index (χ4v) is 3.63. The number of hydrogen-bond donors (Lipinski definition) is 2. The average Bonchev–Trinajstić information content (AvgIpc) is 3.10. The molecule has 2 heterocycles. The van der Waals surface area contributed by atoms with Gasteiger partial charge in [0.25, 0.3) is 0 Å². The Labute approximate surface area is 140 Å². The number of aliphatic hydroxyl groups is 1. The number of carbonyl (C=O) groups is 1. The van der Waals surface area contributed by atoms with Crippen LogP contribution in [0.3, 0.4) is 0 Å². The van der Waals surface area contributed by atoms with E-state index in [1.807, 2.05) is 48.0 Å². The first kappa shape index (κ1) is 16.0. The molecule has 0 bridgehead atoms. The molecule has 2 N–H and O–H groups in total. The van der Waals surface area contributed by atoms with Crippen LogP contribution < -0.4 is 10.2 Å². The Morgan fingerprint density at radius 3 is 2.74 bits per heavy atom. The molecule has 0 radical (unpaired) electrons. The second-order valence-corrected chi connectivity index (χ2v) is 6.78. The molecule has 1 saturated heterocycles. The molecular formula is C18H22N2O2S. The molecule has 1 aliphatic rings. The molecule has 1 fully saturated rings. The molecule has 0 aliphatic carbocycles. The summed E-state index contributed by atoms with van der Waals surface area (Å²) in [6.45, 7) is 3.56. The Balaban J connectivity index is 1.74. The van der Waals surface area contributed by atoms with Crippen LogP contribution in [0, 0.1) is 0 Å². The van der Waals surface area contributed by atoms with Gasteiger partial charge in [0.05, 0.1) is 23.4 Å². The Kier molecular flexibility index (Phi) is 4.98. The van der Waals surface area contributed by atoms with Gasteiger partial charge in [-0.2, -0.15) is 11.3 Å². The number of piperidine rings is 1. The van der Waals surface area contributed by atoms with Gasteiger partial charge >= 0.3 is 0 Å². The number of para-hydroxylation sites is 2. The Morgan fingerprint density at radius 2 is 2.04 bits per heavy atom. The van der Waals surface area contributed by atoms with Gasteiger partial charge in [0.15, 0.2) is 0 Å². The van der Waals surface area contributed by atoms with Gasteiger partial charge in [0.1, 0.15) is 0 Å². The molecule has 1 aromatic heterocycles. The van der Waals surface area contributed by atoms with Crippen molar-refractivity contribution in [3.8, 4) is 0 Å². The van der Waals surface area contributed by atoms with Crippen molar-refractivity contribution in [1.82, 2.24) is 0 Å². The highest BCUT2D eigenvalue weighted by molar-refractivity contribution is 7.08. The van der Waals surface area contributed by atoms with E-state index in [2.05, 4.69) is 10.2 Å². The van der Waals surface area contributed by atoms with Crippen molar-refractivity contribution in [1.29, 1.82) is 0 Å². The van der Waals surface area contributed by atoms with Gasteiger partial charge in [-0.05, 0) is 54.3 Å². The lowest BCUT2D eigenvalue weighted by Crippen LogP contribution is -2.36. The zero-order chi connectivity index (χ0) is 16.2. The second kappa shape index (κ2) is 7.15. The second-order valence-electron chi connectivity index (χ2n) is 6.00. The molecule has 2 aromatic rings. The number of rotatable bonds is 4. The van der Waals surface area contributed by atoms with Crippen LogP contribution in [0.5, 0.6) is 0 Å². The fourth-order valence-electron chi connectivity index (χ4n) is 2.88. The molecular weight excluding hydrogens is 308 g/mol. The first-order valence-corrected chi connectivity index (χ1v) is 8.94. The summed E-state index contributed by atoms with van der Waals surface area (Å²) in [5.41, 5.74) is 2.92. The van der Waals surface area contributed by atoms with Crippen molar-refractivity contribution in [2.24, 2.45) is 0 Å². The van der Waals surface area contributed by atoms with Crippen LogP contribution in [0.1, 0.15) is 31.2 Å². The Hall–Kier alpha value is -1.85. The van der Waals surface area contributed by atoms with Gasteiger partial charge in [-0.15, -0.1) is 0 Å².